The smallest absolute Gasteiger partial charge is 0.255 e. The van der Waals surface area contributed by atoms with Crippen LogP contribution in [-0.4, -0.2) is 55.2 Å². The van der Waals surface area contributed by atoms with Crippen molar-refractivity contribution in [1.29, 1.82) is 0 Å². The van der Waals surface area contributed by atoms with Crippen molar-refractivity contribution < 1.29 is 9.53 Å². The van der Waals surface area contributed by atoms with Gasteiger partial charge in [0.1, 0.15) is 5.82 Å². The number of pyridine rings is 1. The number of rotatable bonds is 6. The van der Waals surface area contributed by atoms with Gasteiger partial charge in [0, 0.05) is 32.4 Å². The molecule has 3 heterocycles. The van der Waals surface area contributed by atoms with Gasteiger partial charge in [0.05, 0.1) is 18.8 Å². The number of nitrogens with one attached hydrogen (secondary N) is 1. The summed E-state index contributed by atoms with van der Waals surface area (Å²) in [5.41, 5.74) is 3.07. The third-order valence-electron chi connectivity index (χ3n) is 5.67. The lowest BCUT2D eigenvalue weighted by Gasteiger charge is -2.29. The van der Waals surface area contributed by atoms with E-state index in [0.717, 1.165) is 31.0 Å². The van der Waals surface area contributed by atoms with Crippen LogP contribution in [0.25, 0.3) is 0 Å². The van der Waals surface area contributed by atoms with Gasteiger partial charge in [-0.05, 0) is 49.2 Å². The van der Waals surface area contributed by atoms with Gasteiger partial charge < -0.3 is 15.0 Å². The maximum atomic E-state index is 12.8. The van der Waals surface area contributed by atoms with Crippen LogP contribution in [0.3, 0.4) is 0 Å². The zero-order valence-electron chi connectivity index (χ0n) is 17.0. The summed E-state index contributed by atoms with van der Waals surface area (Å²) in [5.74, 6) is 0.655. The molecule has 1 aromatic heterocycles. The van der Waals surface area contributed by atoms with Crippen molar-refractivity contribution in [2.75, 3.05) is 44.3 Å². The van der Waals surface area contributed by atoms with Crippen LogP contribution in [0.1, 0.15) is 40.7 Å². The van der Waals surface area contributed by atoms with E-state index in [0.29, 0.717) is 25.3 Å². The highest BCUT2D eigenvalue weighted by Gasteiger charge is 2.19. The van der Waals surface area contributed by atoms with Gasteiger partial charge >= 0.3 is 0 Å². The average Bonchev–Trinajstić information content (AvgIpc) is 2.80. The molecule has 6 heteroatoms. The van der Waals surface area contributed by atoms with E-state index in [1.54, 1.807) is 6.20 Å². The first-order valence-electron chi connectivity index (χ1n) is 10.7. The van der Waals surface area contributed by atoms with Crippen LogP contribution in [0.4, 0.5) is 5.82 Å². The molecular formula is C23H30N4O2. The molecular weight excluding hydrogens is 364 g/mol. The number of carbonyl (C=O) groups excluding carboxylic acids is 1. The SMILES string of the molecule is O=C(NCc1ccc(CN2CCCCC2)cc1)c1cccnc1N1CCOCC1. The number of anilines is 1. The van der Waals surface area contributed by atoms with Crippen molar-refractivity contribution in [3.63, 3.8) is 0 Å². The molecule has 154 valence electrons. The minimum absolute atomic E-state index is 0.0861. The molecule has 4 rings (SSSR count). The zero-order valence-corrected chi connectivity index (χ0v) is 17.0. The van der Waals surface area contributed by atoms with Crippen molar-refractivity contribution in [3.8, 4) is 0 Å². The molecule has 2 aliphatic rings. The molecule has 0 atom stereocenters. The number of aromatic nitrogens is 1. The molecule has 1 amide bonds. The van der Waals surface area contributed by atoms with E-state index in [-0.39, 0.29) is 5.91 Å². The van der Waals surface area contributed by atoms with Crippen molar-refractivity contribution in [3.05, 3.63) is 59.3 Å². The maximum Gasteiger partial charge on any atom is 0.255 e. The number of ether oxygens (including phenoxy) is 1. The normalized spacial score (nSPS) is 17.9. The first-order chi connectivity index (χ1) is 14.3. The number of piperidine rings is 1. The predicted molar refractivity (Wildman–Crippen MR) is 114 cm³/mol. The molecule has 0 spiro atoms. The average molecular weight is 395 g/mol. The third-order valence-corrected chi connectivity index (χ3v) is 5.67. The Balaban J connectivity index is 1.33. The molecule has 1 N–H and O–H groups in total. The van der Waals surface area contributed by atoms with Crippen molar-refractivity contribution >= 4 is 11.7 Å². The summed E-state index contributed by atoms with van der Waals surface area (Å²) in [6.45, 7) is 6.79. The van der Waals surface area contributed by atoms with Gasteiger partial charge in [-0.2, -0.15) is 0 Å². The maximum absolute atomic E-state index is 12.8. The van der Waals surface area contributed by atoms with Crippen molar-refractivity contribution in [1.82, 2.24) is 15.2 Å². The van der Waals surface area contributed by atoms with E-state index in [2.05, 4.69) is 44.4 Å². The van der Waals surface area contributed by atoms with Crippen molar-refractivity contribution in [2.24, 2.45) is 0 Å². The van der Waals surface area contributed by atoms with E-state index < -0.39 is 0 Å². The second-order valence-corrected chi connectivity index (χ2v) is 7.81. The van der Waals surface area contributed by atoms with Gasteiger partial charge in [0.2, 0.25) is 0 Å². The Morgan fingerprint density at radius 3 is 2.45 bits per heavy atom. The Hall–Kier alpha value is -2.44. The van der Waals surface area contributed by atoms with Crippen LogP contribution < -0.4 is 10.2 Å². The first-order valence-corrected chi connectivity index (χ1v) is 10.7. The van der Waals surface area contributed by atoms with E-state index in [4.69, 9.17) is 4.74 Å². The molecule has 2 saturated heterocycles. The monoisotopic (exact) mass is 394 g/mol. The number of morpholine rings is 1. The number of amides is 1. The quantitative estimate of drug-likeness (QED) is 0.817. The largest absolute Gasteiger partial charge is 0.378 e. The second kappa shape index (κ2) is 9.85. The molecule has 0 aliphatic carbocycles. The Morgan fingerprint density at radius 1 is 0.966 bits per heavy atom. The highest BCUT2D eigenvalue weighted by Crippen LogP contribution is 2.19. The zero-order chi connectivity index (χ0) is 19.9. The van der Waals surface area contributed by atoms with Crippen molar-refractivity contribution in [2.45, 2.75) is 32.4 Å². The van der Waals surface area contributed by atoms with Crippen LogP contribution in [0, 0.1) is 0 Å². The van der Waals surface area contributed by atoms with Crippen LogP contribution in [0.5, 0.6) is 0 Å². The highest BCUT2D eigenvalue weighted by atomic mass is 16.5. The molecule has 2 aliphatic heterocycles. The number of carbonyl (C=O) groups is 1. The standard InChI is InChI=1S/C23H30N4O2/c28-23(21-5-4-10-24-22(21)27-13-15-29-16-14-27)25-17-19-6-8-20(9-7-19)18-26-11-2-1-3-12-26/h4-10H,1-3,11-18H2,(H,25,28). The van der Waals surface area contributed by atoms with E-state index in [9.17, 15) is 4.79 Å². The first kappa shape index (κ1) is 19.9. The van der Waals surface area contributed by atoms with Gasteiger partial charge in [-0.3, -0.25) is 9.69 Å². The van der Waals surface area contributed by atoms with E-state index in [1.807, 2.05) is 12.1 Å². The lowest BCUT2D eigenvalue weighted by atomic mass is 10.1. The summed E-state index contributed by atoms with van der Waals surface area (Å²) < 4.78 is 5.41. The molecule has 6 nitrogen and oxygen atoms in total. The number of benzene rings is 1. The summed E-state index contributed by atoms with van der Waals surface area (Å²) in [5, 5.41) is 3.05. The second-order valence-electron chi connectivity index (χ2n) is 7.81. The van der Waals surface area contributed by atoms with Crippen LogP contribution in [-0.2, 0) is 17.8 Å². The molecule has 2 aromatic rings. The lowest BCUT2D eigenvalue weighted by Crippen LogP contribution is -2.38. The van der Waals surface area contributed by atoms with Crippen LogP contribution in [0.15, 0.2) is 42.6 Å². The molecule has 0 bridgehead atoms. The Morgan fingerprint density at radius 2 is 1.69 bits per heavy atom. The van der Waals surface area contributed by atoms with Gasteiger partial charge in [-0.25, -0.2) is 4.98 Å². The van der Waals surface area contributed by atoms with E-state index in [1.165, 1.54) is 37.9 Å². The molecule has 0 saturated carbocycles. The van der Waals surface area contributed by atoms with Gasteiger partial charge in [0.15, 0.2) is 0 Å². The van der Waals surface area contributed by atoms with Crippen LogP contribution >= 0.6 is 0 Å². The molecule has 29 heavy (non-hydrogen) atoms. The Bertz CT molecular complexity index is 797. The molecule has 2 fully saturated rings. The topological polar surface area (TPSA) is 57.7 Å². The lowest BCUT2D eigenvalue weighted by molar-refractivity contribution is 0.0949. The number of likely N-dealkylation sites (tertiary alicyclic amines) is 1. The van der Waals surface area contributed by atoms with Crippen LogP contribution in [0.2, 0.25) is 0 Å². The number of hydrogen-bond acceptors (Lipinski definition) is 5. The predicted octanol–water partition coefficient (Wildman–Crippen LogP) is 2.83. The molecule has 0 radical (unpaired) electrons. The Labute approximate surface area is 172 Å². The summed E-state index contributed by atoms with van der Waals surface area (Å²) in [4.78, 5) is 21.9. The summed E-state index contributed by atoms with van der Waals surface area (Å²) in [6, 6.07) is 12.2. The fourth-order valence-electron chi connectivity index (χ4n) is 4.02. The summed E-state index contributed by atoms with van der Waals surface area (Å²) in [7, 11) is 0. The minimum atomic E-state index is -0.0861. The van der Waals surface area contributed by atoms with E-state index >= 15 is 0 Å². The van der Waals surface area contributed by atoms with Gasteiger partial charge in [-0.1, -0.05) is 30.7 Å². The Kier molecular flexibility index (Phi) is 6.75. The van der Waals surface area contributed by atoms with Gasteiger partial charge in [0.25, 0.3) is 5.91 Å². The molecule has 0 unspecified atom stereocenters. The molecule has 1 aromatic carbocycles. The third kappa shape index (κ3) is 5.34. The minimum Gasteiger partial charge on any atom is -0.378 e. The fraction of sp³-hybridized carbons (Fsp3) is 0.478. The van der Waals surface area contributed by atoms with Gasteiger partial charge in [-0.15, -0.1) is 0 Å². The fourth-order valence-corrected chi connectivity index (χ4v) is 4.02. The number of nitrogens with zero attached hydrogens (tertiary/aromatic N) is 3. The highest BCUT2D eigenvalue weighted by molar-refractivity contribution is 5.98. The summed E-state index contributed by atoms with van der Waals surface area (Å²) >= 11 is 0. The summed E-state index contributed by atoms with van der Waals surface area (Å²) in [6.07, 6.45) is 5.72. The number of hydrogen-bond donors (Lipinski definition) is 1.